The van der Waals surface area contributed by atoms with Gasteiger partial charge in [0.25, 0.3) is 0 Å². The van der Waals surface area contributed by atoms with Crippen LogP contribution in [0.1, 0.15) is 24.0 Å². The largest absolute Gasteiger partial charge is 0.372 e. The van der Waals surface area contributed by atoms with Crippen LogP contribution in [-0.4, -0.2) is 19.3 Å². The lowest BCUT2D eigenvalue weighted by Crippen LogP contribution is -2.17. The molecular weight excluding hydrogens is 263 g/mol. The minimum absolute atomic E-state index is 0.191. The van der Waals surface area contributed by atoms with Gasteiger partial charge >= 0.3 is 0 Å². The summed E-state index contributed by atoms with van der Waals surface area (Å²) in [6.45, 7) is 4.06. The maximum atomic E-state index is 13.2. The van der Waals surface area contributed by atoms with E-state index in [9.17, 15) is 4.39 Å². The predicted octanol–water partition coefficient (Wildman–Crippen LogP) is 4.48. The van der Waals surface area contributed by atoms with E-state index in [1.165, 1.54) is 24.6 Å². The highest BCUT2D eigenvalue weighted by molar-refractivity contribution is 5.82. The first-order valence-electron chi connectivity index (χ1n) is 7.37. The van der Waals surface area contributed by atoms with Gasteiger partial charge in [0.1, 0.15) is 5.82 Å². The van der Waals surface area contributed by atoms with E-state index < -0.39 is 0 Å². The standard InChI is InChI=1S/C18H19FN2/c1-14-12-16(6-9-18(14)19)20-13-15-4-7-17(8-5-15)21-10-2-3-11-21/h4-9,12-13H,2-3,10-11H2,1H3. The van der Waals surface area contributed by atoms with Crippen LogP contribution in [-0.2, 0) is 0 Å². The van der Waals surface area contributed by atoms with Gasteiger partial charge in [-0.15, -0.1) is 0 Å². The van der Waals surface area contributed by atoms with E-state index in [4.69, 9.17) is 0 Å². The molecule has 1 heterocycles. The molecule has 0 saturated carbocycles. The van der Waals surface area contributed by atoms with Gasteiger partial charge in [-0.2, -0.15) is 0 Å². The molecule has 1 fully saturated rings. The van der Waals surface area contributed by atoms with E-state index in [1.807, 2.05) is 6.21 Å². The SMILES string of the molecule is Cc1cc(N=Cc2ccc(N3CCCC3)cc2)ccc1F. The Kier molecular flexibility index (Phi) is 4.00. The fourth-order valence-electron chi connectivity index (χ4n) is 2.60. The first-order chi connectivity index (χ1) is 10.2. The summed E-state index contributed by atoms with van der Waals surface area (Å²) >= 11 is 0. The molecule has 0 amide bonds. The number of hydrogen-bond donors (Lipinski definition) is 0. The second-order valence-electron chi connectivity index (χ2n) is 5.48. The zero-order valence-corrected chi connectivity index (χ0v) is 12.2. The Morgan fingerprint density at radius 2 is 1.76 bits per heavy atom. The highest BCUT2D eigenvalue weighted by Crippen LogP contribution is 2.21. The highest BCUT2D eigenvalue weighted by Gasteiger charge is 2.11. The van der Waals surface area contributed by atoms with Crippen LogP contribution < -0.4 is 4.90 Å². The number of aliphatic imine (C=N–C) groups is 1. The number of benzene rings is 2. The Morgan fingerprint density at radius 1 is 1.05 bits per heavy atom. The van der Waals surface area contributed by atoms with Crippen molar-refractivity contribution in [3.63, 3.8) is 0 Å². The third-order valence-corrected chi connectivity index (χ3v) is 3.87. The van der Waals surface area contributed by atoms with Crippen LogP contribution in [0.4, 0.5) is 15.8 Å². The van der Waals surface area contributed by atoms with Crippen molar-refractivity contribution in [2.24, 2.45) is 4.99 Å². The fraction of sp³-hybridized carbons (Fsp3) is 0.278. The Balaban J connectivity index is 1.72. The molecule has 1 saturated heterocycles. The van der Waals surface area contributed by atoms with Crippen molar-refractivity contribution >= 4 is 17.6 Å². The van der Waals surface area contributed by atoms with Crippen molar-refractivity contribution in [3.8, 4) is 0 Å². The van der Waals surface area contributed by atoms with Gasteiger partial charge in [0.15, 0.2) is 0 Å². The fourth-order valence-corrected chi connectivity index (χ4v) is 2.60. The molecule has 108 valence electrons. The Morgan fingerprint density at radius 3 is 2.43 bits per heavy atom. The van der Waals surface area contributed by atoms with Gasteiger partial charge in [-0.3, -0.25) is 4.99 Å². The summed E-state index contributed by atoms with van der Waals surface area (Å²) < 4.78 is 13.2. The van der Waals surface area contributed by atoms with Crippen molar-refractivity contribution in [1.82, 2.24) is 0 Å². The highest BCUT2D eigenvalue weighted by atomic mass is 19.1. The van der Waals surface area contributed by atoms with Gasteiger partial charge in [-0.1, -0.05) is 12.1 Å². The predicted molar refractivity (Wildman–Crippen MR) is 86.3 cm³/mol. The summed E-state index contributed by atoms with van der Waals surface area (Å²) in [6.07, 6.45) is 4.39. The van der Waals surface area contributed by atoms with Crippen LogP contribution in [0.3, 0.4) is 0 Å². The second-order valence-corrected chi connectivity index (χ2v) is 5.48. The molecule has 3 rings (SSSR count). The molecule has 0 bridgehead atoms. The van der Waals surface area contributed by atoms with Gasteiger partial charge in [0, 0.05) is 25.0 Å². The van der Waals surface area contributed by atoms with E-state index >= 15 is 0 Å². The first kappa shape index (κ1) is 13.8. The summed E-state index contributed by atoms with van der Waals surface area (Å²) in [6, 6.07) is 13.3. The molecule has 2 aromatic rings. The van der Waals surface area contributed by atoms with Crippen LogP contribution in [0.2, 0.25) is 0 Å². The number of nitrogens with zero attached hydrogens (tertiary/aromatic N) is 2. The molecule has 0 N–H and O–H groups in total. The Bertz CT molecular complexity index is 641. The van der Waals surface area contributed by atoms with Crippen molar-refractivity contribution in [3.05, 3.63) is 59.4 Å². The van der Waals surface area contributed by atoms with Gasteiger partial charge in [0.2, 0.25) is 0 Å². The zero-order chi connectivity index (χ0) is 14.7. The molecule has 0 spiro atoms. The molecule has 0 aromatic heterocycles. The molecule has 3 heteroatoms. The molecule has 1 aliphatic heterocycles. The summed E-state index contributed by atoms with van der Waals surface area (Å²) in [7, 11) is 0. The second kappa shape index (κ2) is 6.08. The molecule has 0 aliphatic carbocycles. The van der Waals surface area contributed by atoms with E-state index in [0.717, 1.165) is 24.3 Å². The molecule has 0 radical (unpaired) electrons. The molecule has 21 heavy (non-hydrogen) atoms. The lowest BCUT2D eigenvalue weighted by molar-refractivity contribution is 0.618. The Labute approximate surface area is 124 Å². The third-order valence-electron chi connectivity index (χ3n) is 3.87. The third kappa shape index (κ3) is 3.30. The average molecular weight is 282 g/mol. The normalized spacial score (nSPS) is 15.0. The monoisotopic (exact) mass is 282 g/mol. The molecule has 2 nitrogen and oxygen atoms in total. The van der Waals surface area contributed by atoms with E-state index in [2.05, 4.69) is 34.2 Å². The maximum absolute atomic E-state index is 13.2. The number of rotatable bonds is 3. The van der Waals surface area contributed by atoms with Gasteiger partial charge < -0.3 is 4.90 Å². The van der Waals surface area contributed by atoms with E-state index in [0.29, 0.717) is 5.56 Å². The van der Waals surface area contributed by atoms with Gasteiger partial charge in [-0.25, -0.2) is 4.39 Å². The summed E-state index contributed by atoms with van der Waals surface area (Å²) in [4.78, 5) is 6.81. The van der Waals surface area contributed by atoms with Crippen molar-refractivity contribution in [1.29, 1.82) is 0 Å². The minimum atomic E-state index is -0.191. The van der Waals surface area contributed by atoms with Gasteiger partial charge in [0.05, 0.1) is 5.69 Å². The summed E-state index contributed by atoms with van der Waals surface area (Å²) in [5.74, 6) is -0.191. The number of halogens is 1. The van der Waals surface area contributed by atoms with Crippen LogP contribution in [0, 0.1) is 12.7 Å². The smallest absolute Gasteiger partial charge is 0.126 e. The number of hydrogen-bond acceptors (Lipinski definition) is 2. The van der Waals surface area contributed by atoms with E-state index in [-0.39, 0.29) is 5.82 Å². The molecule has 0 atom stereocenters. The average Bonchev–Trinajstić information content (AvgIpc) is 3.03. The lowest BCUT2D eigenvalue weighted by Gasteiger charge is -2.17. The van der Waals surface area contributed by atoms with Crippen LogP contribution >= 0.6 is 0 Å². The summed E-state index contributed by atoms with van der Waals surface area (Å²) in [5.41, 5.74) is 3.73. The first-order valence-corrected chi connectivity index (χ1v) is 7.37. The van der Waals surface area contributed by atoms with Gasteiger partial charge in [-0.05, 0) is 61.2 Å². The van der Waals surface area contributed by atoms with E-state index in [1.54, 1.807) is 19.1 Å². The van der Waals surface area contributed by atoms with Crippen LogP contribution in [0.15, 0.2) is 47.5 Å². The number of aryl methyl sites for hydroxylation is 1. The molecular formula is C18H19FN2. The Hall–Kier alpha value is -2.16. The van der Waals surface area contributed by atoms with Crippen LogP contribution in [0.5, 0.6) is 0 Å². The van der Waals surface area contributed by atoms with Crippen LogP contribution in [0.25, 0.3) is 0 Å². The van der Waals surface area contributed by atoms with Crippen molar-refractivity contribution < 1.29 is 4.39 Å². The minimum Gasteiger partial charge on any atom is -0.372 e. The lowest BCUT2D eigenvalue weighted by atomic mass is 10.2. The molecule has 2 aromatic carbocycles. The zero-order valence-electron chi connectivity index (χ0n) is 12.2. The molecule has 1 aliphatic rings. The molecule has 0 unspecified atom stereocenters. The van der Waals surface area contributed by atoms with Crippen molar-refractivity contribution in [2.75, 3.05) is 18.0 Å². The maximum Gasteiger partial charge on any atom is 0.126 e. The quantitative estimate of drug-likeness (QED) is 0.758. The number of anilines is 1. The topological polar surface area (TPSA) is 15.6 Å². The van der Waals surface area contributed by atoms with Crippen molar-refractivity contribution in [2.45, 2.75) is 19.8 Å². The summed E-state index contributed by atoms with van der Waals surface area (Å²) in [5, 5.41) is 0.